The number of nitrogens with zero attached hydrogens (tertiary/aromatic N) is 3. The fraction of sp³-hybridized carbons (Fsp3) is 0.438. The number of aromatic nitrogens is 2. The van der Waals surface area contributed by atoms with Gasteiger partial charge < -0.3 is 9.84 Å². The van der Waals surface area contributed by atoms with Crippen LogP contribution in [0.2, 0.25) is 0 Å². The van der Waals surface area contributed by atoms with E-state index in [2.05, 4.69) is 15.5 Å². The summed E-state index contributed by atoms with van der Waals surface area (Å²) in [6, 6.07) is 3.05. The summed E-state index contributed by atoms with van der Waals surface area (Å²) in [5.74, 6) is 0.189. The third-order valence-electron chi connectivity index (χ3n) is 4.28. The molecule has 0 spiro atoms. The Morgan fingerprint density at radius 1 is 1.29 bits per heavy atom. The van der Waals surface area contributed by atoms with Crippen molar-refractivity contribution in [2.45, 2.75) is 24.7 Å². The van der Waals surface area contributed by atoms with Gasteiger partial charge in [0.2, 0.25) is 11.8 Å². The number of likely N-dealkylation sites (tertiary alicyclic amines) is 1. The third-order valence-corrected chi connectivity index (χ3v) is 4.28. The Balaban J connectivity index is 1.27. The van der Waals surface area contributed by atoms with E-state index in [-0.39, 0.29) is 24.1 Å². The lowest BCUT2D eigenvalue weighted by Crippen LogP contribution is -2.48. The molecule has 24 heavy (non-hydrogen) atoms. The molecule has 2 aliphatic rings. The first kappa shape index (κ1) is 15.2. The number of halogens is 2. The van der Waals surface area contributed by atoms with Gasteiger partial charge in [-0.05, 0) is 25.0 Å². The number of hydrogen-bond acceptors (Lipinski definition) is 5. The summed E-state index contributed by atoms with van der Waals surface area (Å²) in [5.41, 5.74) is -0.0237. The van der Waals surface area contributed by atoms with Gasteiger partial charge in [0.05, 0.1) is 18.2 Å². The first-order valence-corrected chi connectivity index (χ1v) is 7.89. The van der Waals surface area contributed by atoms with E-state index in [1.165, 1.54) is 6.07 Å². The maximum atomic E-state index is 13.5. The van der Waals surface area contributed by atoms with Gasteiger partial charge >= 0.3 is 0 Å². The first-order valence-electron chi connectivity index (χ1n) is 7.89. The first-order chi connectivity index (χ1) is 11.6. The quantitative estimate of drug-likeness (QED) is 0.908. The van der Waals surface area contributed by atoms with Crippen LogP contribution in [0.25, 0.3) is 0 Å². The molecule has 0 radical (unpaired) electrons. The topological polar surface area (TPSA) is 71.3 Å². The van der Waals surface area contributed by atoms with Crippen molar-refractivity contribution >= 4 is 11.6 Å². The fourth-order valence-electron chi connectivity index (χ4n) is 2.76. The van der Waals surface area contributed by atoms with Crippen molar-refractivity contribution in [3.05, 3.63) is 41.5 Å². The van der Waals surface area contributed by atoms with Crippen molar-refractivity contribution in [2.75, 3.05) is 25.0 Å². The van der Waals surface area contributed by atoms with Crippen molar-refractivity contribution < 1.29 is 18.1 Å². The highest BCUT2D eigenvalue weighted by Crippen LogP contribution is 2.39. The molecule has 2 fully saturated rings. The summed E-state index contributed by atoms with van der Waals surface area (Å²) < 4.78 is 31.6. The lowest BCUT2D eigenvalue weighted by Gasteiger charge is -2.36. The highest BCUT2D eigenvalue weighted by Gasteiger charge is 2.35. The normalized spacial score (nSPS) is 18.4. The Bertz CT molecular complexity index is 769. The summed E-state index contributed by atoms with van der Waals surface area (Å²) in [7, 11) is 0. The second-order valence-electron chi connectivity index (χ2n) is 6.33. The number of amides is 1. The molecule has 0 bridgehead atoms. The van der Waals surface area contributed by atoms with Crippen molar-refractivity contribution in [3.63, 3.8) is 0 Å². The Labute approximate surface area is 136 Å². The Morgan fingerprint density at radius 2 is 2.08 bits per heavy atom. The standard InChI is InChI=1S/C16H16F2N4O2/c17-11-3-4-13(12(18)5-11)19-14(23)8-22-6-10(7-22)16-20-15(21-24-16)9-1-2-9/h3-5,9-10H,1-2,6-8H2,(H,19,23). The van der Waals surface area contributed by atoms with Gasteiger partial charge in [0, 0.05) is 25.1 Å². The maximum absolute atomic E-state index is 13.5. The zero-order valence-electron chi connectivity index (χ0n) is 12.8. The smallest absolute Gasteiger partial charge is 0.238 e. The molecule has 1 aliphatic heterocycles. The molecule has 0 atom stereocenters. The van der Waals surface area contributed by atoms with Crippen LogP contribution in [0, 0.1) is 11.6 Å². The van der Waals surface area contributed by atoms with E-state index in [1.54, 1.807) is 0 Å². The largest absolute Gasteiger partial charge is 0.339 e. The molecule has 4 rings (SSSR count). The molecule has 2 aromatic rings. The Kier molecular flexibility index (Phi) is 3.76. The summed E-state index contributed by atoms with van der Waals surface area (Å²) in [6.07, 6.45) is 2.24. The van der Waals surface area contributed by atoms with Crippen molar-refractivity contribution in [2.24, 2.45) is 0 Å². The van der Waals surface area contributed by atoms with Crippen LogP contribution in [0.5, 0.6) is 0 Å². The molecule has 1 aliphatic carbocycles. The van der Waals surface area contributed by atoms with E-state index in [1.807, 2.05) is 4.90 Å². The van der Waals surface area contributed by atoms with Gasteiger partial charge in [0.15, 0.2) is 5.82 Å². The van der Waals surface area contributed by atoms with Crippen LogP contribution in [0.15, 0.2) is 22.7 Å². The summed E-state index contributed by atoms with van der Waals surface area (Å²) >= 11 is 0. The molecule has 6 nitrogen and oxygen atoms in total. The molecular formula is C16H16F2N4O2. The molecular weight excluding hydrogens is 318 g/mol. The van der Waals surface area contributed by atoms with Crippen LogP contribution in [0.1, 0.15) is 36.4 Å². The lowest BCUT2D eigenvalue weighted by atomic mass is 10.0. The van der Waals surface area contributed by atoms with Gasteiger partial charge in [-0.1, -0.05) is 5.16 Å². The minimum Gasteiger partial charge on any atom is -0.339 e. The second kappa shape index (κ2) is 5.94. The molecule has 126 valence electrons. The number of carbonyl (C=O) groups excluding carboxylic acids is 1. The molecule has 1 saturated heterocycles. The van der Waals surface area contributed by atoms with E-state index in [9.17, 15) is 13.6 Å². The minimum atomic E-state index is -0.789. The van der Waals surface area contributed by atoms with Gasteiger partial charge in [0.1, 0.15) is 11.6 Å². The van der Waals surface area contributed by atoms with Gasteiger partial charge in [0.25, 0.3) is 0 Å². The average Bonchev–Trinajstić information content (AvgIpc) is 3.24. The number of carbonyl (C=O) groups is 1. The molecule has 1 aromatic carbocycles. The predicted octanol–water partition coefficient (Wildman–Crippen LogP) is 2.26. The third kappa shape index (κ3) is 3.14. The summed E-state index contributed by atoms with van der Waals surface area (Å²) in [5, 5.41) is 6.43. The van der Waals surface area contributed by atoms with Gasteiger partial charge in [-0.25, -0.2) is 8.78 Å². The number of benzene rings is 1. The number of rotatable bonds is 5. The highest BCUT2D eigenvalue weighted by atomic mass is 19.1. The monoisotopic (exact) mass is 334 g/mol. The number of nitrogens with one attached hydrogen (secondary N) is 1. The van der Waals surface area contributed by atoms with Crippen LogP contribution in [-0.2, 0) is 4.79 Å². The summed E-state index contributed by atoms with van der Waals surface area (Å²) in [6.45, 7) is 1.42. The van der Waals surface area contributed by atoms with Crippen LogP contribution in [-0.4, -0.2) is 40.6 Å². The van der Waals surface area contributed by atoms with Crippen LogP contribution in [0.4, 0.5) is 14.5 Å². The van der Waals surface area contributed by atoms with Crippen molar-refractivity contribution in [1.29, 1.82) is 0 Å². The molecule has 1 N–H and O–H groups in total. The number of hydrogen-bond donors (Lipinski definition) is 1. The zero-order valence-corrected chi connectivity index (χ0v) is 12.8. The zero-order chi connectivity index (χ0) is 16.7. The van der Waals surface area contributed by atoms with Gasteiger partial charge in [-0.15, -0.1) is 0 Å². The van der Waals surface area contributed by atoms with E-state index >= 15 is 0 Å². The molecule has 1 aromatic heterocycles. The Hall–Kier alpha value is -2.35. The SMILES string of the molecule is O=C(CN1CC(c2nc(C3CC3)no2)C1)Nc1ccc(F)cc1F. The molecule has 0 unspecified atom stereocenters. The predicted molar refractivity (Wildman–Crippen MR) is 80.4 cm³/mol. The van der Waals surface area contributed by atoms with Crippen LogP contribution >= 0.6 is 0 Å². The van der Waals surface area contributed by atoms with Gasteiger partial charge in [-0.2, -0.15) is 4.98 Å². The fourth-order valence-corrected chi connectivity index (χ4v) is 2.76. The van der Waals surface area contributed by atoms with Crippen molar-refractivity contribution in [3.8, 4) is 0 Å². The van der Waals surface area contributed by atoms with Gasteiger partial charge in [-0.3, -0.25) is 9.69 Å². The molecule has 2 heterocycles. The van der Waals surface area contributed by atoms with Crippen LogP contribution < -0.4 is 5.32 Å². The Morgan fingerprint density at radius 3 is 2.79 bits per heavy atom. The highest BCUT2D eigenvalue weighted by molar-refractivity contribution is 5.92. The van der Waals surface area contributed by atoms with Crippen LogP contribution in [0.3, 0.4) is 0 Å². The van der Waals surface area contributed by atoms with E-state index < -0.39 is 11.6 Å². The van der Waals surface area contributed by atoms with E-state index in [0.29, 0.717) is 24.9 Å². The van der Waals surface area contributed by atoms with E-state index in [0.717, 1.165) is 30.8 Å². The molecule has 1 saturated carbocycles. The average molecular weight is 334 g/mol. The molecule has 1 amide bonds. The van der Waals surface area contributed by atoms with E-state index in [4.69, 9.17) is 4.52 Å². The molecule has 8 heteroatoms. The maximum Gasteiger partial charge on any atom is 0.238 e. The lowest BCUT2D eigenvalue weighted by molar-refractivity contribution is -0.118. The minimum absolute atomic E-state index is 0.0237. The van der Waals surface area contributed by atoms with Crippen molar-refractivity contribution in [1.82, 2.24) is 15.0 Å². The second-order valence-corrected chi connectivity index (χ2v) is 6.33. The number of anilines is 1. The summed E-state index contributed by atoms with van der Waals surface area (Å²) in [4.78, 5) is 18.2.